The number of aromatic nitrogens is 3. The Bertz CT molecular complexity index is 1000. The second kappa shape index (κ2) is 8.14. The Balaban J connectivity index is 1.37. The molecule has 8 heteroatoms. The SMILES string of the molecule is COc1ccc(N2CC(C(=O)Nc3ncn(Cc4ccccc4)n3)CC2=O)cc1. The highest BCUT2D eigenvalue weighted by molar-refractivity contribution is 6.03. The van der Waals surface area contributed by atoms with Crippen molar-refractivity contribution in [3.63, 3.8) is 0 Å². The van der Waals surface area contributed by atoms with Crippen LogP contribution < -0.4 is 15.0 Å². The van der Waals surface area contributed by atoms with Crippen LogP contribution in [-0.2, 0) is 16.1 Å². The van der Waals surface area contributed by atoms with E-state index in [1.54, 1.807) is 35.2 Å². The van der Waals surface area contributed by atoms with Crippen molar-refractivity contribution in [2.24, 2.45) is 5.92 Å². The van der Waals surface area contributed by atoms with E-state index in [-0.39, 0.29) is 24.2 Å². The van der Waals surface area contributed by atoms with Gasteiger partial charge in [-0.25, -0.2) is 9.67 Å². The van der Waals surface area contributed by atoms with Gasteiger partial charge in [0, 0.05) is 18.7 Å². The first-order chi connectivity index (χ1) is 14.1. The molecule has 0 bridgehead atoms. The molecule has 0 aliphatic carbocycles. The molecule has 8 nitrogen and oxygen atoms in total. The fraction of sp³-hybridized carbons (Fsp3) is 0.238. The first-order valence-electron chi connectivity index (χ1n) is 9.31. The van der Waals surface area contributed by atoms with Gasteiger partial charge in [0.15, 0.2) is 0 Å². The van der Waals surface area contributed by atoms with E-state index in [1.165, 1.54) is 0 Å². The van der Waals surface area contributed by atoms with Crippen LogP contribution in [0.3, 0.4) is 0 Å². The summed E-state index contributed by atoms with van der Waals surface area (Å²) in [6.45, 7) is 0.887. The highest BCUT2D eigenvalue weighted by atomic mass is 16.5. The number of anilines is 2. The van der Waals surface area contributed by atoms with Gasteiger partial charge in [0.25, 0.3) is 0 Å². The van der Waals surface area contributed by atoms with Gasteiger partial charge in [-0.3, -0.25) is 14.9 Å². The van der Waals surface area contributed by atoms with Crippen molar-refractivity contribution in [2.75, 3.05) is 23.9 Å². The van der Waals surface area contributed by atoms with E-state index in [2.05, 4.69) is 15.4 Å². The number of amides is 2. The largest absolute Gasteiger partial charge is 0.497 e. The quantitative estimate of drug-likeness (QED) is 0.697. The Morgan fingerprint density at radius 2 is 1.93 bits per heavy atom. The zero-order valence-electron chi connectivity index (χ0n) is 16.0. The second-order valence-electron chi connectivity index (χ2n) is 6.84. The number of methoxy groups -OCH3 is 1. The minimum atomic E-state index is -0.453. The number of hydrogen-bond acceptors (Lipinski definition) is 5. The summed E-state index contributed by atoms with van der Waals surface area (Å²) in [5.74, 6) is 0.156. The standard InChI is InChI=1S/C21H21N5O3/c1-29-18-9-7-17(8-10-18)26-13-16(11-19(26)27)20(28)23-21-22-14-25(24-21)12-15-5-3-2-4-6-15/h2-10,14,16H,11-13H2,1H3,(H,23,24,28). The maximum Gasteiger partial charge on any atom is 0.248 e. The molecule has 1 aromatic heterocycles. The molecule has 1 saturated heterocycles. The van der Waals surface area contributed by atoms with Gasteiger partial charge < -0.3 is 9.64 Å². The molecule has 148 valence electrons. The molecular weight excluding hydrogens is 370 g/mol. The van der Waals surface area contributed by atoms with Crippen molar-refractivity contribution >= 4 is 23.5 Å². The summed E-state index contributed by atoms with van der Waals surface area (Å²) >= 11 is 0. The Hall–Kier alpha value is -3.68. The summed E-state index contributed by atoms with van der Waals surface area (Å²) in [4.78, 5) is 30.8. The molecule has 1 aliphatic heterocycles. The smallest absolute Gasteiger partial charge is 0.248 e. The van der Waals surface area contributed by atoms with Crippen LogP contribution in [0.15, 0.2) is 60.9 Å². The fourth-order valence-electron chi connectivity index (χ4n) is 3.31. The summed E-state index contributed by atoms with van der Waals surface area (Å²) in [7, 11) is 1.59. The molecule has 2 aromatic carbocycles. The Labute approximate surface area is 168 Å². The zero-order valence-corrected chi connectivity index (χ0v) is 16.0. The summed E-state index contributed by atoms with van der Waals surface area (Å²) in [5.41, 5.74) is 1.84. The van der Waals surface area contributed by atoms with Crippen LogP contribution in [0.25, 0.3) is 0 Å². The van der Waals surface area contributed by atoms with E-state index in [9.17, 15) is 9.59 Å². The van der Waals surface area contributed by atoms with Crippen molar-refractivity contribution in [2.45, 2.75) is 13.0 Å². The van der Waals surface area contributed by atoms with Crippen molar-refractivity contribution in [1.29, 1.82) is 0 Å². The Morgan fingerprint density at radius 3 is 2.66 bits per heavy atom. The third-order valence-corrected chi connectivity index (χ3v) is 4.84. The highest BCUT2D eigenvalue weighted by Crippen LogP contribution is 2.27. The van der Waals surface area contributed by atoms with Gasteiger partial charge in [0.1, 0.15) is 12.1 Å². The van der Waals surface area contributed by atoms with Crippen molar-refractivity contribution < 1.29 is 14.3 Å². The minimum Gasteiger partial charge on any atom is -0.497 e. The fourth-order valence-corrected chi connectivity index (χ4v) is 3.31. The van der Waals surface area contributed by atoms with E-state index in [1.807, 2.05) is 42.5 Å². The van der Waals surface area contributed by atoms with Crippen LogP contribution in [0.1, 0.15) is 12.0 Å². The molecule has 4 rings (SSSR count). The number of nitrogens with one attached hydrogen (secondary N) is 1. The molecule has 1 atom stereocenters. The van der Waals surface area contributed by atoms with Crippen LogP contribution in [0.5, 0.6) is 5.75 Å². The molecule has 0 radical (unpaired) electrons. The van der Waals surface area contributed by atoms with Crippen LogP contribution in [0.2, 0.25) is 0 Å². The first kappa shape index (κ1) is 18.7. The summed E-state index contributed by atoms with van der Waals surface area (Å²) < 4.78 is 6.80. The van der Waals surface area contributed by atoms with Gasteiger partial charge >= 0.3 is 0 Å². The van der Waals surface area contributed by atoms with Gasteiger partial charge in [0.05, 0.1) is 19.6 Å². The van der Waals surface area contributed by atoms with E-state index in [0.717, 1.165) is 11.3 Å². The third-order valence-electron chi connectivity index (χ3n) is 4.84. The number of benzene rings is 2. The van der Waals surface area contributed by atoms with Gasteiger partial charge in [-0.15, -0.1) is 5.10 Å². The van der Waals surface area contributed by atoms with E-state index >= 15 is 0 Å². The molecule has 29 heavy (non-hydrogen) atoms. The summed E-state index contributed by atoms with van der Waals surface area (Å²) in [6.07, 6.45) is 1.73. The number of hydrogen-bond donors (Lipinski definition) is 1. The van der Waals surface area contributed by atoms with E-state index in [4.69, 9.17) is 4.74 Å². The molecule has 1 aliphatic rings. The lowest BCUT2D eigenvalue weighted by Gasteiger charge is -2.16. The topological polar surface area (TPSA) is 89.3 Å². The number of carbonyl (C=O) groups excluding carboxylic acids is 2. The van der Waals surface area contributed by atoms with E-state index < -0.39 is 5.92 Å². The van der Waals surface area contributed by atoms with Crippen molar-refractivity contribution in [3.05, 3.63) is 66.5 Å². The molecule has 2 heterocycles. The summed E-state index contributed by atoms with van der Waals surface area (Å²) in [5, 5.41) is 7.01. The average Bonchev–Trinajstić information content (AvgIpc) is 3.35. The van der Waals surface area contributed by atoms with E-state index in [0.29, 0.717) is 18.8 Å². The van der Waals surface area contributed by atoms with Crippen LogP contribution in [-0.4, -0.2) is 40.2 Å². The monoisotopic (exact) mass is 391 g/mol. The normalized spacial score (nSPS) is 16.1. The Morgan fingerprint density at radius 1 is 1.17 bits per heavy atom. The number of nitrogens with zero attached hydrogens (tertiary/aromatic N) is 4. The van der Waals surface area contributed by atoms with Crippen LogP contribution in [0, 0.1) is 5.92 Å². The number of ether oxygens (including phenoxy) is 1. The van der Waals surface area contributed by atoms with Gasteiger partial charge in [-0.2, -0.15) is 0 Å². The van der Waals surface area contributed by atoms with Crippen LogP contribution >= 0.6 is 0 Å². The molecule has 2 amide bonds. The maximum atomic E-state index is 12.6. The predicted octanol–water partition coefficient (Wildman–Crippen LogP) is 2.33. The second-order valence-corrected chi connectivity index (χ2v) is 6.84. The van der Waals surface area contributed by atoms with Crippen molar-refractivity contribution in [3.8, 4) is 5.75 Å². The third kappa shape index (κ3) is 4.26. The zero-order chi connectivity index (χ0) is 20.2. The average molecular weight is 391 g/mol. The maximum absolute atomic E-state index is 12.6. The van der Waals surface area contributed by atoms with Crippen molar-refractivity contribution in [1.82, 2.24) is 14.8 Å². The molecule has 1 fully saturated rings. The molecular formula is C21H21N5O3. The molecule has 3 aromatic rings. The Kier molecular flexibility index (Phi) is 5.24. The molecule has 0 spiro atoms. The van der Waals surface area contributed by atoms with Gasteiger partial charge in [-0.1, -0.05) is 30.3 Å². The van der Waals surface area contributed by atoms with Crippen LogP contribution in [0.4, 0.5) is 11.6 Å². The molecule has 0 saturated carbocycles. The molecule has 1 unspecified atom stereocenters. The summed E-state index contributed by atoms with van der Waals surface area (Å²) in [6, 6.07) is 17.1. The number of rotatable bonds is 6. The minimum absolute atomic E-state index is 0.0853. The highest BCUT2D eigenvalue weighted by Gasteiger charge is 2.35. The lowest BCUT2D eigenvalue weighted by atomic mass is 10.1. The molecule has 1 N–H and O–H groups in total. The van der Waals surface area contributed by atoms with Gasteiger partial charge in [0.2, 0.25) is 17.8 Å². The predicted molar refractivity (Wildman–Crippen MR) is 108 cm³/mol. The lowest BCUT2D eigenvalue weighted by Crippen LogP contribution is -2.28. The number of carbonyl (C=O) groups is 2. The first-order valence-corrected chi connectivity index (χ1v) is 9.31. The lowest BCUT2D eigenvalue weighted by molar-refractivity contribution is -0.122. The van der Waals surface area contributed by atoms with Gasteiger partial charge in [-0.05, 0) is 29.8 Å².